The quantitative estimate of drug-likeness (QED) is 0.858. The van der Waals surface area contributed by atoms with Gasteiger partial charge in [-0.15, -0.1) is 11.3 Å². The fourth-order valence-corrected chi connectivity index (χ4v) is 2.93. The molecule has 2 rings (SSSR count). The molecule has 2 aromatic rings. The standard InChI is InChI=1S/C16H19NO4S/c1-10-6-7-22-15(10)16(19)17-9-13(18)12-8-11(20-2)4-5-14(12)21-3/h4-8,13,18H,9H2,1-3H3,(H,17,19)/t13-/m1/s1. The first-order valence-corrected chi connectivity index (χ1v) is 7.67. The molecule has 1 heterocycles. The van der Waals surface area contributed by atoms with Gasteiger partial charge in [-0.05, 0) is 42.1 Å². The van der Waals surface area contributed by atoms with Gasteiger partial charge >= 0.3 is 0 Å². The average molecular weight is 321 g/mol. The summed E-state index contributed by atoms with van der Waals surface area (Å²) in [5, 5.41) is 14.9. The third-order valence-corrected chi connectivity index (χ3v) is 4.34. The number of aryl methyl sites for hydroxylation is 1. The summed E-state index contributed by atoms with van der Waals surface area (Å²) in [6.45, 7) is 1.98. The largest absolute Gasteiger partial charge is 0.497 e. The highest BCUT2D eigenvalue weighted by Crippen LogP contribution is 2.29. The van der Waals surface area contributed by atoms with Crippen molar-refractivity contribution in [2.75, 3.05) is 20.8 Å². The molecule has 0 aliphatic heterocycles. The molecule has 1 atom stereocenters. The van der Waals surface area contributed by atoms with Gasteiger partial charge in [-0.3, -0.25) is 4.79 Å². The van der Waals surface area contributed by atoms with Crippen LogP contribution in [0.4, 0.5) is 0 Å². The Hall–Kier alpha value is -2.05. The van der Waals surface area contributed by atoms with Crippen molar-refractivity contribution in [1.82, 2.24) is 5.32 Å². The zero-order chi connectivity index (χ0) is 16.1. The van der Waals surface area contributed by atoms with Gasteiger partial charge in [0.1, 0.15) is 17.6 Å². The van der Waals surface area contributed by atoms with E-state index in [2.05, 4.69) is 5.32 Å². The first-order valence-electron chi connectivity index (χ1n) is 6.79. The van der Waals surface area contributed by atoms with Crippen LogP contribution in [0.3, 0.4) is 0 Å². The van der Waals surface area contributed by atoms with Crippen molar-refractivity contribution in [3.8, 4) is 11.5 Å². The number of rotatable bonds is 6. The van der Waals surface area contributed by atoms with E-state index in [1.54, 1.807) is 25.3 Å². The van der Waals surface area contributed by atoms with Gasteiger partial charge in [0.25, 0.3) is 5.91 Å². The lowest BCUT2D eigenvalue weighted by Gasteiger charge is -2.16. The van der Waals surface area contributed by atoms with Crippen molar-refractivity contribution >= 4 is 17.2 Å². The molecule has 2 N–H and O–H groups in total. The number of amides is 1. The molecule has 1 aromatic heterocycles. The van der Waals surface area contributed by atoms with Gasteiger partial charge in [0.05, 0.1) is 19.1 Å². The van der Waals surface area contributed by atoms with E-state index < -0.39 is 6.10 Å². The first kappa shape index (κ1) is 16.3. The summed E-state index contributed by atoms with van der Waals surface area (Å²) < 4.78 is 10.4. The normalized spacial score (nSPS) is 11.8. The first-order chi connectivity index (χ1) is 10.6. The Morgan fingerprint density at radius 2 is 2.09 bits per heavy atom. The van der Waals surface area contributed by atoms with Crippen LogP contribution < -0.4 is 14.8 Å². The number of methoxy groups -OCH3 is 2. The smallest absolute Gasteiger partial charge is 0.261 e. The number of carbonyl (C=O) groups excluding carboxylic acids is 1. The maximum absolute atomic E-state index is 12.1. The summed E-state index contributed by atoms with van der Waals surface area (Å²) in [5.74, 6) is 0.985. The predicted octanol–water partition coefficient (Wildman–Crippen LogP) is 2.54. The fourth-order valence-electron chi connectivity index (χ4n) is 2.08. The molecule has 6 heteroatoms. The van der Waals surface area contributed by atoms with E-state index in [9.17, 15) is 9.90 Å². The minimum Gasteiger partial charge on any atom is -0.497 e. The van der Waals surface area contributed by atoms with E-state index in [4.69, 9.17) is 9.47 Å². The monoisotopic (exact) mass is 321 g/mol. The van der Waals surface area contributed by atoms with Crippen LogP contribution in [0, 0.1) is 6.92 Å². The van der Waals surface area contributed by atoms with E-state index in [-0.39, 0.29) is 12.5 Å². The fraction of sp³-hybridized carbons (Fsp3) is 0.312. The molecule has 22 heavy (non-hydrogen) atoms. The van der Waals surface area contributed by atoms with Gasteiger partial charge in [-0.1, -0.05) is 0 Å². The summed E-state index contributed by atoms with van der Waals surface area (Å²) in [4.78, 5) is 12.7. The lowest BCUT2D eigenvalue weighted by atomic mass is 10.1. The lowest BCUT2D eigenvalue weighted by Crippen LogP contribution is -2.28. The number of hydrogen-bond donors (Lipinski definition) is 2. The second kappa shape index (κ2) is 7.29. The Morgan fingerprint density at radius 3 is 2.68 bits per heavy atom. The molecule has 0 aliphatic rings. The summed E-state index contributed by atoms with van der Waals surface area (Å²) in [7, 11) is 3.09. The van der Waals surface area contributed by atoms with E-state index in [0.717, 1.165) is 5.56 Å². The van der Waals surface area contributed by atoms with Crippen LogP contribution >= 0.6 is 11.3 Å². The Labute approximate surface area is 133 Å². The second-order valence-corrected chi connectivity index (χ2v) is 5.68. The Kier molecular flexibility index (Phi) is 5.41. The number of hydrogen-bond acceptors (Lipinski definition) is 5. The van der Waals surface area contributed by atoms with Gasteiger partial charge in [0, 0.05) is 12.1 Å². The number of carbonyl (C=O) groups is 1. The summed E-state index contributed by atoms with van der Waals surface area (Å²) in [6, 6.07) is 7.07. The van der Waals surface area contributed by atoms with Crippen LogP contribution in [0.15, 0.2) is 29.6 Å². The van der Waals surface area contributed by atoms with Crippen LogP contribution in [0.2, 0.25) is 0 Å². The molecular weight excluding hydrogens is 302 g/mol. The zero-order valence-electron chi connectivity index (χ0n) is 12.8. The summed E-state index contributed by atoms with van der Waals surface area (Å²) in [6.07, 6.45) is -0.880. The maximum atomic E-state index is 12.1. The maximum Gasteiger partial charge on any atom is 0.261 e. The van der Waals surface area contributed by atoms with Crippen molar-refractivity contribution in [2.24, 2.45) is 0 Å². The molecule has 0 aliphatic carbocycles. The third kappa shape index (κ3) is 3.58. The molecule has 5 nitrogen and oxygen atoms in total. The minimum atomic E-state index is -0.880. The molecular formula is C16H19NO4S. The van der Waals surface area contributed by atoms with E-state index in [1.165, 1.54) is 18.4 Å². The molecule has 0 radical (unpaired) electrons. The van der Waals surface area contributed by atoms with Crippen LogP contribution in [0.25, 0.3) is 0 Å². The SMILES string of the molecule is COc1ccc(OC)c([C@H](O)CNC(=O)c2sccc2C)c1. The number of thiophene rings is 1. The Morgan fingerprint density at radius 1 is 1.32 bits per heavy atom. The molecule has 0 saturated heterocycles. The number of ether oxygens (including phenoxy) is 2. The number of benzene rings is 1. The topological polar surface area (TPSA) is 67.8 Å². The average Bonchev–Trinajstić information content (AvgIpc) is 2.97. The lowest BCUT2D eigenvalue weighted by molar-refractivity contribution is 0.0918. The molecule has 118 valence electrons. The van der Waals surface area contributed by atoms with Crippen molar-refractivity contribution in [1.29, 1.82) is 0 Å². The highest BCUT2D eigenvalue weighted by molar-refractivity contribution is 7.12. The van der Waals surface area contributed by atoms with Crippen molar-refractivity contribution in [2.45, 2.75) is 13.0 Å². The third-order valence-electron chi connectivity index (χ3n) is 3.32. The van der Waals surface area contributed by atoms with E-state index in [0.29, 0.717) is 21.9 Å². The molecule has 0 unspecified atom stereocenters. The molecule has 1 aromatic carbocycles. The van der Waals surface area contributed by atoms with E-state index >= 15 is 0 Å². The van der Waals surface area contributed by atoms with Gasteiger partial charge < -0.3 is 19.9 Å². The molecule has 0 saturated carbocycles. The van der Waals surface area contributed by atoms with Crippen LogP contribution in [-0.2, 0) is 0 Å². The Balaban J connectivity index is 2.07. The number of aliphatic hydroxyl groups is 1. The van der Waals surface area contributed by atoms with Crippen LogP contribution in [0.5, 0.6) is 11.5 Å². The molecule has 0 spiro atoms. The van der Waals surface area contributed by atoms with Crippen molar-refractivity contribution in [3.05, 3.63) is 45.6 Å². The Bertz CT molecular complexity index is 653. The van der Waals surface area contributed by atoms with Gasteiger partial charge in [-0.2, -0.15) is 0 Å². The van der Waals surface area contributed by atoms with Crippen LogP contribution in [-0.4, -0.2) is 31.8 Å². The minimum absolute atomic E-state index is 0.0969. The zero-order valence-corrected chi connectivity index (χ0v) is 13.6. The van der Waals surface area contributed by atoms with Crippen molar-refractivity contribution < 1.29 is 19.4 Å². The molecule has 0 bridgehead atoms. The highest BCUT2D eigenvalue weighted by Gasteiger charge is 2.17. The molecule has 1 amide bonds. The highest BCUT2D eigenvalue weighted by atomic mass is 32.1. The predicted molar refractivity (Wildman–Crippen MR) is 85.9 cm³/mol. The summed E-state index contributed by atoms with van der Waals surface area (Å²) in [5.41, 5.74) is 1.50. The second-order valence-electron chi connectivity index (χ2n) is 4.77. The summed E-state index contributed by atoms with van der Waals surface area (Å²) >= 11 is 1.38. The van der Waals surface area contributed by atoms with Crippen molar-refractivity contribution in [3.63, 3.8) is 0 Å². The molecule has 0 fully saturated rings. The van der Waals surface area contributed by atoms with Gasteiger partial charge in [0.15, 0.2) is 0 Å². The van der Waals surface area contributed by atoms with Crippen LogP contribution in [0.1, 0.15) is 26.9 Å². The van der Waals surface area contributed by atoms with Gasteiger partial charge in [0.2, 0.25) is 0 Å². The number of aliphatic hydroxyl groups excluding tert-OH is 1. The van der Waals surface area contributed by atoms with Gasteiger partial charge in [-0.25, -0.2) is 0 Å². The van der Waals surface area contributed by atoms with E-state index in [1.807, 2.05) is 18.4 Å². The number of nitrogens with one attached hydrogen (secondary N) is 1.